The summed E-state index contributed by atoms with van der Waals surface area (Å²) in [6, 6.07) is 12.5. The van der Waals surface area contributed by atoms with Crippen LogP contribution in [0.4, 0.5) is 0 Å². The summed E-state index contributed by atoms with van der Waals surface area (Å²) in [6.45, 7) is 4.48. The average Bonchev–Trinajstić information content (AvgIpc) is 3.55. The van der Waals surface area contributed by atoms with E-state index >= 15 is 0 Å². The Kier molecular flexibility index (Phi) is 6.93. The van der Waals surface area contributed by atoms with Crippen molar-refractivity contribution in [3.63, 3.8) is 0 Å². The zero-order valence-electron chi connectivity index (χ0n) is 26.0. The fourth-order valence-corrected chi connectivity index (χ4v) is 11.5. The first kappa shape index (κ1) is 29.0. The molecule has 0 aliphatic heterocycles. The third-order valence-electron chi connectivity index (χ3n) is 12.9. The van der Waals surface area contributed by atoms with Crippen LogP contribution in [0.15, 0.2) is 53.2 Å². The molecule has 0 saturated heterocycles. The summed E-state index contributed by atoms with van der Waals surface area (Å²) in [5, 5.41) is 31.0. The number of nitrogens with zero attached hydrogens (tertiary/aromatic N) is 3. The fraction of sp³-hybridized carbons (Fsp3) is 0.595. The van der Waals surface area contributed by atoms with E-state index in [1.54, 1.807) is 0 Å². The van der Waals surface area contributed by atoms with Crippen LogP contribution < -0.4 is 0 Å². The number of carbonyl (C=O) groups excluding carboxylic acids is 1. The lowest BCUT2D eigenvalue weighted by Gasteiger charge is -2.60. The molecule has 4 fully saturated rings. The lowest BCUT2D eigenvalue weighted by Crippen LogP contribution is -2.62. The van der Waals surface area contributed by atoms with Gasteiger partial charge in [0.05, 0.1) is 40.3 Å². The van der Waals surface area contributed by atoms with Gasteiger partial charge in [-0.05, 0) is 98.3 Å². The maximum absolute atomic E-state index is 13.9. The monoisotopic (exact) mass is 611 g/mol. The van der Waals surface area contributed by atoms with Crippen molar-refractivity contribution in [1.82, 2.24) is 14.8 Å². The molecule has 2 aromatic heterocycles. The molecule has 0 radical (unpaired) electrons. The first-order valence-electron chi connectivity index (χ1n) is 16.9. The maximum Gasteiger partial charge on any atom is 0.175 e. The van der Waals surface area contributed by atoms with E-state index in [4.69, 9.17) is 10.1 Å². The first-order valence-corrected chi connectivity index (χ1v) is 17.9. The van der Waals surface area contributed by atoms with E-state index in [1.165, 1.54) is 60.7 Å². The Labute approximate surface area is 264 Å². The van der Waals surface area contributed by atoms with Gasteiger partial charge in [0.15, 0.2) is 5.78 Å². The van der Waals surface area contributed by atoms with Gasteiger partial charge in [-0.1, -0.05) is 74.7 Å². The van der Waals surface area contributed by atoms with E-state index in [0.717, 1.165) is 41.6 Å². The standard InChI is InChI=1S/C37H45N3O3S/c1-35-19-24-21-38-40(26-9-4-3-5-10-26)30(24)18-25(35)13-14-27-28-16-17-37(43,36(28,2)20-31(41)34(27)35)32(42)22-44-33-15-12-23-8-6-7-11-29(23)39-33/h6-8,11-12,15,18,21,26-28,31,34,41,43H,3-5,9-10,13-14,16-17,19-20,22H2,1-2H3/t27?,28?,31-,34?,35?,36?,37-/m0/s1. The molecule has 44 heavy (non-hydrogen) atoms. The van der Waals surface area contributed by atoms with Gasteiger partial charge in [0.1, 0.15) is 5.60 Å². The molecule has 8 rings (SSSR count). The van der Waals surface area contributed by atoms with Crippen molar-refractivity contribution in [2.45, 2.75) is 107 Å². The first-order chi connectivity index (χ1) is 21.2. The van der Waals surface area contributed by atoms with E-state index in [-0.39, 0.29) is 34.7 Å². The summed E-state index contributed by atoms with van der Waals surface area (Å²) in [4.78, 5) is 18.6. The van der Waals surface area contributed by atoms with Crippen LogP contribution in [0.1, 0.15) is 95.4 Å². The Hall–Kier alpha value is -2.48. The Balaban J connectivity index is 1.03. The summed E-state index contributed by atoms with van der Waals surface area (Å²) in [5.41, 5.74) is 2.82. The molecule has 6 nitrogen and oxygen atoms in total. The SMILES string of the molecule is CC12Cc3cnn(C4CCCCC4)c3C=C1CCC1C2[C@@H](O)CC2(C)C1CC[C@]2(O)C(=O)CSc1ccc2ccccc2n1. The lowest BCUT2D eigenvalue weighted by molar-refractivity contribution is -0.177. The third kappa shape index (κ3) is 4.25. The molecule has 7 heteroatoms. The normalized spacial score (nSPS) is 36.7. The second kappa shape index (κ2) is 10.5. The van der Waals surface area contributed by atoms with Crippen LogP contribution in [0.2, 0.25) is 0 Å². The maximum atomic E-state index is 13.9. The summed E-state index contributed by atoms with van der Waals surface area (Å²) < 4.78 is 2.32. The molecule has 232 valence electrons. The van der Waals surface area contributed by atoms with Crippen LogP contribution in [-0.2, 0) is 11.2 Å². The van der Waals surface area contributed by atoms with Crippen molar-refractivity contribution in [2.24, 2.45) is 28.6 Å². The number of para-hydroxylation sites is 1. The molecule has 0 spiro atoms. The molecule has 5 aliphatic carbocycles. The number of ketones is 1. The summed E-state index contributed by atoms with van der Waals surface area (Å²) in [6.07, 6.45) is 15.1. The van der Waals surface area contributed by atoms with Gasteiger partial charge in [-0.15, -0.1) is 0 Å². The highest BCUT2D eigenvalue weighted by atomic mass is 32.2. The van der Waals surface area contributed by atoms with Crippen LogP contribution in [-0.4, -0.2) is 48.2 Å². The Bertz CT molecular complexity index is 1640. The number of allylic oxidation sites excluding steroid dienone is 1. The second-order valence-corrected chi connectivity index (χ2v) is 16.0. The molecular weight excluding hydrogens is 566 g/mol. The molecule has 0 bridgehead atoms. The van der Waals surface area contributed by atoms with Crippen LogP contribution in [0, 0.1) is 28.6 Å². The summed E-state index contributed by atoms with van der Waals surface area (Å²) in [5.74, 6) is 0.705. The second-order valence-electron chi connectivity index (χ2n) is 15.0. The highest BCUT2D eigenvalue weighted by Gasteiger charge is 2.68. The predicted octanol–water partition coefficient (Wildman–Crippen LogP) is 7.18. The zero-order chi connectivity index (χ0) is 30.3. The number of aliphatic hydroxyl groups excluding tert-OH is 1. The van der Waals surface area contributed by atoms with Gasteiger partial charge in [-0.2, -0.15) is 5.10 Å². The molecule has 2 heterocycles. The van der Waals surface area contributed by atoms with E-state index in [2.05, 4.69) is 30.8 Å². The fourth-order valence-electron chi connectivity index (χ4n) is 10.7. The highest BCUT2D eigenvalue weighted by molar-refractivity contribution is 7.99. The number of aliphatic hydroxyl groups is 2. The Morgan fingerprint density at radius 2 is 1.89 bits per heavy atom. The summed E-state index contributed by atoms with van der Waals surface area (Å²) in [7, 11) is 0. The van der Waals surface area contributed by atoms with Gasteiger partial charge in [-0.25, -0.2) is 4.98 Å². The lowest BCUT2D eigenvalue weighted by atomic mass is 9.45. The zero-order valence-corrected chi connectivity index (χ0v) is 26.9. The molecule has 4 saturated carbocycles. The van der Waals surface area contributed by atoms with E-state index in [9.17, 15) is 15.0 Å². The minimum atomic E-state index is -1.43. The Morgan fingerprint density at radius 1 is 1.07 bits per heavy atom. The molecule has 1 aromatic carbocycles. The Morgan fingerprint density at radius 3 is 2.73 bits per heavy atom. The van der Waals surface area contributed by atoms with Crippen LogP contribution >= 0.6 is 11.8 Å². The number of pyridine rings is 1. The number of aromatic nitrogens is 3. The minimum absolute atomic E-state index is 0.117. The van der Waals surface area contributed by atoms with Crippen molar-refractivity contribution in [2.75, 3.05) is 5.75 Å². The van der Waals surface area contributed by atoms with Crippen molar-refractivity contribution in [1.29, 1.82) is 0 Å². The van der Waals surface area contributed by atoms with E-state index < -0.39 is 17.1 Å². The number of rotatable bonds is 5. The molecule has 2 N–H and O–H groups in total. The number of thioether (sulfide) groups is 1. The van der Waals surface area contributed by atoms with Crippen molar-refractivity contribution in [3.05, 3.63) is 59.4 Å². The quantitative estimate of drug-likeness (QED) is 0.297. The van der Waals surface area contributed by atoms with Crippen LogP contribution in [0.5, 0.6) is 0 Å². The van der Waals surface area contributed by atoms with Crippen molar-refractivity contribution in [3.8, 4) is 0 Å². The van der Waals surface area contributed by atoms with Crippen molar-refractivity contribution < 1.29 is 15.0 Å². The van der Waals surface area contributed by atoms with Gasteiger partial charge in [0.25, 0.3) is 0 Å². The molecule has 7 atom stereocenters. The molecule has 0 amide bonds. The number of hydrogen-bond donors (Lipinski definition) is 2. The number of benzene rings is 1. The minimum Gasteiger partial charge on any atom is -0.393 e. The molecular formula is C37H45N3O3S. The average molecular weight is 612 g/mol. The number of Topliss-reactive ketones (excluding diaryl/α,β-unsaturated/α-hetero) is 1. The van der Waals surface area contributed by atoms with Gasteiger partial charge in [0.2, 0.25) is 0 Å². The van der Waals surface area contributed by atoms with E-state index in [0.29, 0.717) is 18.9 Å². The number of fused-ring (bicyclic) bond motifs is 7. The van der Waals surface area contributed by atoms with Gasteiger partial charge < -0.3 is 10.2 Å². The summed E-state index contributed by atoms with van der Waals surface area (Å²) >= 11 is 1.41. The van der Waals surface area contributed by atoms with E-state index in [1.807, 2.05) is 36.4 Å². The topological polar surface area (TPSA) is 88.2 Å². The molecule has 5 unspecified atom stereocenters. The van der Waals surface area contributed by atoms with Gasteiger partial charge in [0, 0.05) is 10.8 Å². The van der Waals surface area contributed by atoms with Crippen LogP contribution in [0.3, 0.4) is 0 Å². The van der Waals surface area contributed by atoms with Gasteiger partial charge in [-0.3, -0.25) is 9.48 Å². The highest BCUT2D eigenvalue weighted by Crippen LogP contribution is 2.67. The number of carbonyl (C=O) groups is 1. The third-order valence-corrected chi connectivity index (χ3v) is 13.8. The number of hydrogen-bond acceptors (Lipinski definition) is 6. The van der Waals surface area contributed by atoms with Crippen molar-refractivity contribution >= 4 is 34.5 Å². The largest absolute Gasteiger partial charge is 0.393 e. The van der Waals surface area contributed by atoms with Gasteiger partial charge >= 0.3 is 0 Å². The molecule has 3 aromatic rings. The predicted molar refractivity (Wildman–Crippen MR) is 174 cm³/mol. The van der Waals surface area contributed by atoms with Crippen LogP contribution in [0.25, 0.3) is 17.0 Å². The smallest absolute Gasteiger partial charge is 0.175 e. The molecule has 5 aliphatic rings.